The summed E-state index contributed by atoms with van der Waals surface area (Å²) in [7, 11) is 0. The van der Waals surface area contributed by atoms with Crippen molar-refractivity contribution in [3.63, 3.8) is 0 Å². The van der Waals surface area contributed by atoms with Crippen LogP contribution in [0.25, 0.3) is 0 Å². The van der Waals surface area contributed by atoms with Crippen molar-refractivity contribution in [2.45, 2.75) is 34.2 Å². The standard InChI is InChI=1S/C15H23BrN2O2/c1-10(2)14(11(3)4)9-17-8-12-5-6-13(18(19)20)7-15(12)16/h5-7,10-11,14,17H,8-9H2,1-4H3. The van der Waals surface area contributed by atoms with Gasteiger partial charge in [-0.05, 0) is 35.9 Å². The predicted octanol–water partition coefficient (Wildman–Crippen LogP) is 4.38. The molecule has 1 N–H and O–H groups in total. The molecule has 0 bridgehead atoms. The molecule has 0 aliphatic heterocycles. The highest BCUT2D eigenvalue weighted by molar-refractivity contribution is 9.10. The molecule has 0 amide bonds. The summed E-state index contributed by atoms with van der Waals surface area (Å²) in [6, 6.07) is 4.90. The van der Waals surface area contributed by atoms with Crippen LogP contribution >= 0.6 is 15.9 Å². The average Bonchev–Trinajstić information content (AvgIpc) is 2.34. The van der Waals surface area contributed by atoms with Crippen molar-refractivity contribution in [2.75, 3.05) is 6.54 Å². The minimum atomic E-state index is -0.379. The van der Waals surface area contributed by atoms with Gasteiger partial charge in [0.25, 0.3) is 5.69 Å². The molecule has 0 aliphatic rings. The summed E-state index contributed by atoms with van der Waals surface area (Å²) in [5.74, 6) is 1.91. The molecule has 0 heterocycles. The van der Waals surface area contributed by atoms with Gasteiger partial charge in [-0.3, -0.25) is 10.1 Å². The Bertz CT molecular complexity index is 453. The van der Waals surface area contributed by atoms with Crippen LogP contribution in [0.1, 0.15) is 33.3 Å². The van der Waals surface area contributed by atoms with Crippen LogP contribution in [0.5, 0.6) is 0 Å². The topological polar surface area (TPSA) is 55.2 Å². The summed E-state index contributed by atoms with van der Waals surface area (Å²) in [6.45, 7) is 10.7. The first-order chi connectivity index (χ1) is 9.32. The maximum Gasteiger partial charge on any atom is 0.270 e. The zero-order valence-corrected chi connectivity index (χ0v) is 14.1. The third-order valence-corrected chi connectivity index (χ3v) is 4.39. The molecule has 0 unspecified atom stereocenters. The second kappa shape index (κ2) is 7.74. The molecule has 0 saturated heterocycles. The highest BCUT2D eigenvalue weighted by Gasteiger charge is 2.17. The van der Waals surface area contributed by atoms with E-state index in [0.717, 1.165) is 16.6 Å². The molecular weight excluding hydrogens is 320 g/mol. The van der Waals surface area contributed by atoms with Gasteiger partial charge in [-0.15, -0.1) is 0 Å². The van der Waals surface area contributed by atoms with Crippen molar-refractivity contribution in [2.24, 2.45) is 17.8 Å². The minimum absolute atomic E-state index is 0.114. The second-order valence-corrected chi connectivity index (χ2v) is 6.67. The van der Waals surface area contributed by atoms with Gasteiger partial charge in [-0.25, -0.2) is 0 Å². The Morgan fingerprint density at radius 2 is 1.85 bits per heavy atom. The van der Waals surface area contributed by atoms with Crippen molar-refractivity contribution in [1.82, 2.24) is 5.32 Å². The molecule has 1 aromatic rings. The fourth-order valence-electron chi connectivity index (χ4n) is 2.41. The molecule has 0 radical (unpaired) electrons. The number of hydrogen-bond donors (Lipinski definition) is 1. The molecule has 4 nitrogen and oxygen atoms in total. The van der Waals surface area contributed by atoms with Crippen LogP contribution in [-0.4, -0.2) is 11.5 Å². The first kappa shape index (κ1) is 17.1. The van der Waals surface area contributed by atoms with Crippen LogP contribution < -0.4 is 5.32 Å². The van der Waals surface area contributed by atoms with E-state index in [1.165, 1.54) is 0 Å². The Hall–Kier alpha value is -0.940. The first-order valence-corrected chi connectivity index (χ1v) is 7.75. The molecule has 112 valence electrons. The molecule has 5 heteroatoms. The Morgan fingerprint density at radius 1 is 1.25 bits per heavy atom. The SMILES string of the molecule is CC(C)C(CNCc1ccc([N+](=O)[O-])cc1Br)C(C)C. The van der Waals surface area contributed by atoms with Gasteiger partial charge in [-0.2, -0.15) is 0 Å². The highest BCUT2D eigenvalue weighted by atomic mass is 79.9. The maximum atomic E-state index is 10.7. The molecule has 1 rings (SSSR count). The van der Waals surface area contributed by atoms with Gasteiger partial charge >= 0.3 is 0 Å². The van der Waals surface area contributed by atoms with Crippen LogP contribution in [0.2, 0.25) is 0 Å². The quantitative estimate of drug-likeness (QED) is 0.591. The van der Waals surface area contributed by atoms with Crippen molar-refractivity contribution in [1.29, 1.82) is 0 Å². The van der Waals surface area contributed by atoms with E-state index in [0.29, 0.717) is 24.3 Å². The van der Waals surface area contributed by atoms with E-state index in [2.05, 4.69) is 48.9 Å². The largest absolute Gasteiger partial charge is 0.312 e. The first-order valence-electron chi connectivity index (χ1n) is 6.96. The summed E-state index contributed by atoms with van der Waals surface area (Å²) < 4.78 is 0.782. The lowest BCUT2D eigenvalue weighted by atomic mass is 9.85. The fraction of sp³-hybridized carbons (Fsp3) is 0.600. The van der Waals surface area contributed by atoms with Gasteiger partial charge in [-0.1, -0.05) is 43.6 Å². The van der Waals surface area contributed by atoms with Crippen molar-refractivity contribution in [3.05, 3.63) is 38.3 Å². The van der Waals surface area contributed by atoms with Crippen molar-refractivity contribution >= 4 is 21.6 Å². The lowest BCUT2D eigenvalue weighted by molar-refractivity contribution is -0.384. The van der Waals surface area contributed by atoms with E-state index >= 15 is 0 Å². The number of nitro benzene ring substituents is 1. The third-order valence-electron chi connectivity index (χ3n) is 3.66. The molecule has 20 heavy (non-hydrogen) atoms. The number of nitro groups is 1. The number of halogens is 1. The molecule has 0 atom stereocenters. The normalized spacial score (nSPS) is 11.6. The number of rotatable bonds is 7. The smallest absolute Gasteiger partial charge is 0.270 e. The third kappa shape index (κ3) is 4.87. The van der Waals surface area contributed by atoms with Gasteiger partial charge in [0, 0.05) is 23.2 Å². The molecule has 0 spiro atoms. The van der Waals surface area contributed by atoms with Crippen LogP contribution in [0.4, 0.5) is 5.69 Å². The summed E-state index contributed by atoms with van der Waals surface area (Å²) in [4.78, 5) is 10.3. The van der Waals surface area contributed by atoms with Gasteiger partial charge in [0.2, 0.25) is 0 Å². The van der Waals surface area contributed by atoms with E-state index in [9.17, 15) is 10.1 Å². The van der Waals surface area contributed by atoms with Crippen LogP contribution in [0, 0.1) is 27.9 Å². The van der Waals surface area contributed by atoms with E-state index in [4.69, 9.17) is 0 Å². The maximum absolute atomic E-state index is 10.7. The zero-order chi connectivity index (χ0) is 15.3. The number of benzene rings is 1. The summed E-state index contributed by atoms with van der Waals surface area (Å²) in [5.41, 5.74) is 1.16. The molecule has 0 fully saturated rings. The molecule has 0 saturated carbocycles. The average molecular weight is 343 g/mol. The van der Waals surface area contributed by atoms with E-state index in [1.807, 2.05) is 0 Å². The highest BCUT2D eigenvalue weighted by Crippen LogP contribution is 2.23. The lowest BCUT2D eigenvalue weighted by Gasteiger charge is -2.25. The Morgan fingerprint density at radius 3 is 2.30 bits per heavy atom. The summed E-state index contributed by atoms with van der Waals surface area (Å²) in [5, 5.41) is 14.1. The number of non-ortho nitro benzene ring substituents is 1. The second-order valence-electron chi connectivity index (χ2n) is 5.82. The summed E-state index contributed by atoms with van der Waals surface area (Å²) in [6.07, 6.45) is 0. The Kier molecular flexibility index (Phi) is 6.62. The lowest BCUT2D eigenvalue weighted by Crippen LogP contribution is -2.29. The van der Waals surface area contributed by atoms with E-state index < -0.39 is 0 Å². The molecule has 1 aromatic carbocycles. The van der Waals surface area contributed by atoms with Gasteiger partial charge in [0.15, 0.2) is 0 Å². The van der Waals surface area contributed by atoms with Gasteiger partial charge in [0.05, 0.1) is 4.92 Å². The van der Waals surface area contributed by atoms with E-state index in [-0.39, 0.29) is 10.6 Å². The van der Waals surface area contributed by atoms with Crippen molar-refractivity contribution in [3.8, 4) is 0 Å². The molecule has 0 aliphatic carbocycles. The Labute approximate surface area is 129 Å². The number of nitrogens with zero attached hydrogens (tertiary/aromatic N) is 1. The van der Waals surface area contributed by atoms with Gasteiger partial charge < -0.3 is 5.32 Å². The monoisotopic (exact) mass is 342 g/mol. The summed E-state index contributed by atoms with van der Waals surface area (Å²) >= 11 is 3.40. The van der Waals surface area contributed by atoms with Crippen LogP contribution in [0.3, 0.4) is 0 Å². The number of hydrogen-bond acceptors (Lipinski definition) is 3. The zero-order valence-electron chi connectivity index (χ0n) is 12.5. The molecular formula is C15H23BrN2O2. The Balaban J connectivity index is 2.60. The van der Waals surface area contributed by atoms with Crippen LogP contribution in [-0.2, 0) is 6.54 Å². The predicted molar refractivity (Wildman–Crippen MR) is 85.7 cm³/mol. The number of nitrogens with one attached hydrogen (secondary N) is 1. The van der Waals surface area contributed by atoms with Gasteiger partial charge in [0.1, 0.15) is 0 Å². The van der Waals surface area contributed by atoms with Crippen LogP contribution in [0.15, 0.2) is 22.7 Å². The van der Waals surface area contributed by atoms with Crippen molar-refractivity contribution < 1.29 is 4.92 Å². The van der Waals surface area contributed by atoms with E-state index in [1.54, 1.807) is 18.2 Å². The fourth-order valence-corrected chi connectivity index (χ4v) is 2.91. The minimum Gasteiger partial charge on any atom is -0.312 e. The molecule has 0 aromatic heterocycles.